The van der Waals surface area contributed by atoms with Gasteiger partial charge in [0.05, 0.1) is 28.8 Å². The highest BCUT2D eigenvalue weighted by molar-refractivity contribution is 9.10. The van der Waals surface area contributed by atoms with Gasteiger partial charge in [0, 0.05) is 6.20 Å². The summed E-state index contributed by atoms with van der Waals surface area (Å²) in [5.41, 5.74) is 1.75. The molecule has 0 amide bonds. The van der Waals surface area contributed by atoms with Crippen molar-refractivity contribution in [2.24, 2.45) is 0 Å². The summed E-state index contributed by atoms with van der Waals surface area (Å²) in [5, 5.41) is 12.9. The van der Waals surface area contributed by atoms with Crippen LogP contribution in [0.5, 0.6) is 0 Å². The maximum atomic E-state index is 8.75. The minimum absolute atomic E-state index is 0.679. The molecular weight excluding hydrogens is 254 g/mol. The summed E-state index contributed by atoms with van der Waals surface area (Å²) >= 11 is 3.34. The van der Waals surface area contributed by atoms with E-state index >= 15 is 0 Å². The van der Waals surface area contributed by atoms with Gasteiger partial charge in [-0.2, -0.15) is 10.4 Å². The van der Waals surface area contributed by atoms with Gasteiger partial charge in [0.25, 0.3) is 0 Å². The summed E-state index contributed by atoms with van der Waals surface area (Å²) in [6.07, 6.45) is 3.65. The van der Waals surface area contributed by atoms with Gasteiger partial charge in [-0.25, -0.2) is 0 Å². The first-order valence-corrected chi connectivity index (χ1v) is 5.24. The summed E-state index contributed by atoms with van der Waals surface area (Å²) in [6.45, 7) is 0.682. The first kappa shape index (κ1) is 9.94. The van der Waals surface area contributed by atoms with Crippen molar-refractivity contribution in [3.05, 3.63) is 52.3 Å². The van der Waals surface area contributed by atoms with Gasteiger partial charge in [-0.15, -0.1) is 0 Å². The molecule has 0 aliphatic heterocycles. The van der Waals surface area contributed by atoms with E-state index in [2.05, 4.69) is 27.1 Å². The second kappa shape index (κ2) is 4.28. The lowest BCUT2D eigenvalue weighted by Gasteiger charge is -2.01. The van der Waals surface area contributed by atoms with Crippen LogP contribution in [-0.4, -0.2) is 9.78 Å². The summed E-state index contributed by atoms with van der Waals surface area (Å²) in [4.78, 5) is 0. The molecule has 0 aliphatic carbocycles. The molecule has 0 N–H and O–H groups in total. The molecule has 15 heavy (non-hydrogen) atoms. The Morgan fingerprint density at radius 2 is 2.33 bits per heavy atom. The Labute approximate surface area is 96.1 Å². The van der Waals surface area contributed by atoms with E-state index in [0.29, 0.717) is 12.1 Å². The molecule has 1 aromatic carbocycles. The van der Waals surface area contributed by atoms with Crippen molar-refractivity contribution in [2.45, 2.75) is 6.54 Å². The Hall–Kier alpha value is -1.60. The van der Waals surface area contributed by atoms with Gasteiger partial charge in [0.2, 0.25) is 0 Å². The van der Waals surface area contributed by atoms with Crippen LogP contribution in [0.4, 0.5) is 0 Å². The number of hydrogen-bond acceptors (Lipinski definition) is 2. The van der Waals surface area contributed by atoms with Crippen molar-refractivity contribution >= 4 is 15.9 Å². The molecule has 4 heteroatoms. The fraction of sp³-hybridized carbons (Fsp3) is 0.0909. The summed E-state index contributed by atoms with van der Waals surface area (Å²) < 4.78 is 2.78. The molecular formula is C11H8BrN3. The van der Waals surface area contributed by atoms with E-state index in [4.69, 9.17) is 5.26 Å². The lowest BCUT2D eigenvalue weighted by Crippen LogP contribution is -1.99. The van der Waals surface area contributed by atoms with E-state index in [-0.39, 0.29) is 0 Å². The molecule has 0 bridgehead atoms. The lowest BCUT2D eigenvalue weighted by atomic mass is 10.1. The van der Waals surface area contributed by atoms with Gasteiger partial charge in [0.15, 0.2) is 0 Å². The standard InChI is InChI=1S/C11H8BrN3/c12-11-6-14-15(8-11)7-10-3-1-2-9(4-10)5-13/h1-4,6,8H,7H2. The van der Waals surface area contributed by atoms with Crippen LogP contribution in [0.2, 0.25) is 0 Å². The van der Waals surface area contributed by atoms with Gasteiger partial charge in [-0.1, -0.05) is 12.1 Å². The van der Waals surface area contributed by atoms with Crippen LogP contribution in [0.3, 0.4) is 0 Å². The van der Waals surface area contributed by atoms with Crippen LogP contribution >= 0.6 is 15.9 Å². The molecule has 1 heterocycles. The Morgan fingerprint density at radius 3 is 3.00 bits per heavy atom. The van der Waals surface area contributed by atoms with Crippen LogP contribution in [0, 0.1) is 11.3 Å². The lowest BCUT2D eigenvalue weighted by molar-refractivity contribution is 0.686. The Kier molecular flexibility index (Phi) is 2.84. The predicted molar refractivity (Wildman–Crippen MR) is 60.2 cm³/mol. The number of halogens is 1. The molecule has 2 rings (SSSR count). The Balaban J connectivity index is 2.21. The van der Waals surface area contributed by atoms with E-state index in [9.17, 15) is 0 Å². The summed E-state index contributed by atoms with van der Waals surface area (Å²) in [6, 6.07) is 9.65. The molecule has 0 saturated heterocycles. The number of aromatic nitrogens is 2. The molecule has 0 unspecified atom stereocenters. The number of rotatable bonds is 2. The van der Waals surface area contributed by atoms with Crippen LogP contribution < -0.4 is 0 Å². The third-order valence-corrected chi connectivity index (χ3v) is 2.41. The van der Waals surface area contributed by atoms with Gasteiger partial charge in [0.1, 0.15) is 0 Å². The SMILES string of the molecule is N#Cc1cccc(Cn2cc(Br)cn2)c1. The third kappa shape index (κ3) is 2.45. The minimum Gasteiger partial charge on any atom is -0.267 e. The molecule has 0 radical (unpaired) electrons. The number of benzene rings is 1. The summed E-state index contributed by atoms with van der Waals surface area (Å²) in [7, 11) is 0. The highest BCUT2D eigenvalue weighted by Gasteiger charge is 1.98. The number of nitriles is 1. The number of nitrogens with zero attached hydrogens (tertiary/aromatic N) is 3. The van der Waals surface area contributed by atoms with E-state index in [1.165, 1.54) is 0 Å². The van der Waals surface area contributed by atoms with Gasteiger partial charge >= 0.3 is 0 Å². The average molecular weight is 262 g/mol. The smallest absolute Gasteiger partial charge is 0.0991 e. The van der Waals surface area contributed by atoms with Crippen molar-refractivity contribution in [2.75, 3.05) is 0 Å². The quantitative estimate of drug-likeness (QED) is 0.834. The monoisotopic (exact) mass is 261 g/mol. The number of hydrogen-bond donors (Lipinski definition) is 0. The van der Waals surface area contributed by atoms with Crippen molar-refractivity contribution < 1.29 is 0 Å². The molecule has 0 fully saturated rings. The van der Waals surface area contributed by atoms with E-state index in [1.807, 2.05) is 29.1 Å². The van der Waals surface area contributed by atoms with Crippen LogP contribution in [-0.2, 0) is 6.54 Å². The maximum Gasteiger partial charge on any atom is 0.0991 e. The van der Waals surface area contributed by atoms with E-state index in [0.717, 1.165) is 10.0 Å². The largest absolute Gasteiger partial charge is 0.267 e. The normalized spacial score (nSPS) is 9.87. The van der Waals surface area contributed by atoms with Gasteiger partial charge in [-0.05, 0) is 33.6 Å². The average Bonchev–Trinajstić information content (AvgIpc) is 2.64. The van der Waals surface area contributed by atoms with Gasteiger partial charge in [-0.3, -0.25) is 4.68 Å². The minimum atomic E-state index is 0.679. The summed E-state index contributed by atoms with van der Waals surface area (Å²) in [5.74, 6) is 0. The fourth-order valence-corrected chi connectivity index (χ4v) is 1.68. The first-order chi connectivity index (χ1) is 7.28. The molecule has 0 atom stereocenters. The van der Waals surface area contributed by atoms with Crippen molar-refractivity contribution in [3.8, 4) is 6.07 Å². The van der Waals surface area contributed by atoms with Crippen LogP contribution in [0.1, 0.15) is 11.1 Å². The van der Waals surface area contributed by atoms with E-state index in [1.54, 1.807) is 12.3 Å². The van der Waals surface area contributed by atoms with Crippen molar-refractivity contribution in [1.82, 2.24) is 9.78 Å². The molecule has 0 saturated carbocycles. The Bertz CT molecular complexity index is 511. The zero-order chi connectivity index (χ0) is 10.7. The predicted octanol–water partition coefficient (Wildman–Crippen LogP) is 2.57. The molecule has 2 aromatic rings. The first-order valence-electron chi connectivity index (χ1n) is 4.45. The van der Waals surface area contributed by atoms with Crippen LogP contribution in [0.15, 0.2) is 41.1 Å². The molecule has 0 aliphatic rings. The van der Waals surface area contributed by atoms with E-state index < -0.39 is 0 Å². The molecule has 0 spiro atoms. The maximum absolute atomic E-state index is 8.75. The fourth-order valence-electron chi connectivity index (χ4n) is 1.35. The Morgan fingerprint density at radius 1 is 1.47 bits per heavy atom. The molecule has 3 nitrogen and oxygen atoms in total. The molecule has 74 valence electrons. The zero-order valence-electron chi connectivity index (χ0n) is 7.89. The van der Waals surface area contributed by atoms with Crippen molar-refractivity contribution in [3.63, 3.8) is 0 Å². The second-order valence-electron chi connectivity index (χ2n) is 3.17. The highest BCUT2D eigenvalue weighted by atomic mass is 79.9. The van der Waals surface area contributed by atoms with Gasteiger partial charge < -0.3 is 0 Å². The van der Waals surface area contributed by atoms with Crippen molar-refractivity contribution in [1.29, 1.82) is 5.26 Å². The topological polar surface area (TPSA) is 41.6 Å². The molecule has 1 aromatic heterocycles. The highest BCUT2D eigenvalue weighted by Crippen LogP contribution is 2.10. The third-order valence-electron chi connectivity index (χ3n) is 2.00. The second-order valence-corrected chi connectivity index (χ2v) is 4.08. The zero-order valence-corrected chi connectivity index (χ0v) is 9.48. The van der Waals surface area contributed by atoms with Crippen LogP contribution in [0.25, 0.3) is 0 Å².